The molecule has 1 atom stereocenters. The standard InChI is InChI=1S/C21H22O5/c1-3-20(23)26-15(2)8-7-13-25-17-11-12-18(19(22)14-17)21(24)16-9-5-4-6-10-16/h3-6,9-12,14-15,22H,1,7-8,13H2,2H3. The van der Waals surface area contributed by atoms with Gasteiger partial charge in [-0.15, -0.1) is 0 Å². The molecule has 0 aliphatic carbocycles. The zero-order valence-corrected chi connectivity index (χ0v) is 14.7. The summed E-state index contributed by atoms with van der Waals surface area (Å²) in [5.74, 6) is -0.331. The van der Waals surface area contributed by atoms with E-state index in [2.05, 4.69) is 6.58 Å². The summed E-state index contributed by atoms with van der Waals surface area (Å²) >= 11 is 0. The number of ether oxygens (including phenoxy) is 2. The zero-order chi connectivity index (χ0) is 18.9. The highest BCUT2D eigenvalue weighted by Crippen LogP contribution is 2.26. The molecule has 2 rings (SSSR count). The van der Waals surface area contributed by atoms with Crippen LogP contribution in [-0.2, 0) is 9.53 Å². The van der Waals surface area contributed by atoms with Gasteiger partial charge < -0.3 is 14.6 Å². The lowest BCUT2D eigenvalue weighted by Crippen LogP contribution is -2.14. The molecule has 1 N–H and O–H groups in total. The SMILES string of the molecule is C=CC(=O)OC(C)CCCOc1ccc(C(=O)c2ccccc2)c(O)c1. The average Bonchev–Trinajstić information content (AvgIpc) is 2.65. The van der Waals surface area contributed by atoms with Crippen molar-refractivity contribution in [2.45, 2.75) is 25.9 Å². The molecule has 0 amide bonds. The molecule has 136 valence electrons. The van der Waals surface area contributed by atoms with Crippen LogP contribution in [0.5, 0.6) is 11.5 Å². The van der Waals surface area contributed by atoms with Crippen molar-refractivity contribution in [3.05, 3.63) is 72.3 Å². The first-order valence-electron chi connectivity index (χ1n) is 8.40. The van der Waals surface area contributed by atoms with Crippen molar-refractivity contribution in [3.63, 3.8) is 0 Å². The van der Waals surface area contributed by atoms with Crippen molar-refractivity contribution in [3.8, 4) is 11.5 Å². The maximum atomic E-state index is 12.4. The lowest BCUT2D eigenvalue weighted by molar-refractivity contribution is -0.142. The van der Waals surface area contributed by atoms with Gasteiger partial charge in [0.15, 0.2) is 5.78 Å². The quantitative estimate of drug-likeness (QED) is 0.320. The number of ketones is 1. The Bertz CT molecular complexity index is 767. The molecule has 5 heteroatoms. The van der Waals surface area contributed by atoms with E-state index in [1.54, 1.807) is 43.3 Å². The van der Waals surface area contributed by atoms with Gasteiger partial charge >= 0.3 is 5.97 Å². The van der Waals surface area contributed by atoms with Crippen molar-refractivity contribution in [2.24, 2.45) is 0 Å². The van der Waals surface area contributed by atoms with E-state index in [4.69, 9.17) is 9.47 Å². The van der Waals surface area contributed by atoms with Crippen molar-refractivity contribution in [1.82, 2.24) is 0 Å². The predicted molar refractivity (Wildman–Crippen MR) is 98.5 cm³/mol. The highest BCUT2D eigenvalue weighted by Gasteiger charge is 2.14. The van der Waals surface area contributed by atoms with E-state index < -0.39 is 5.97 Å². The maximum absolute atomic E-state index is 12.4. The van der Waals surface area contributed by atoms with Gasteiger partial charge in [-0.05, 0) is 31.9 Å². The van der Waals surface area contributed by atoms with E-state index in [1.165, 1.54) is 6.07 Å². The second kappa shape index (κ2) is 9.42. The van der Waals surface area contributed by atoms with Crippen LogP contribution in [0, 0.1) is 0 Å². The fraction of sp³-hybridized carbons (Fsp3) is 0.238. The molecule has 0 radical (unpaired) electrons. The summed E-state index contributed by atoms with van der Waals surface area (Å²) in [5.41, 5.74) is 0.744. The lowest BCUT2D eigenvalue weighted by Gasteiger charge is -2.12. The minimum atomic E-state index is -0.443. The fourth-order valence-electron chi connectivity index (χ4n) is 2.40. The first-order valence-corrected chi connectivity index (χ1v) is 8.40. The number of esters is 1. The Balaban J connectivity index is 1.87. The van der Waals surface area contributed by atoms with Crippen LogP contribution >= 0.6 is 0 Å². The largest absolute Gasteiger partial charge is 0.507 e. The molecule has 0 saturated heterocycles. The number of hydrogen-bond acceptors (Lipinski definition) is 5. The van der Waals surface area contributed by atoms with E-state index in [1.807, 2.05) is 6.07 Å². The van der Waals surface area contributed by atoms with Gasteiger partial charge in [0.2, 0.25) is 0 Å². The Morgan fingerprint density at radius 1 is 1.19 bits per heavy atom. The van der Waals surface area contributed by atoms with Gasteiger partial charge in [-0.2, -0.15) is 0 Å². The molecular weight excluding hydrogens is 332 g/mol. The predicted octanol–water partition coefficient (Wildman–Crippen LogP) is 3.90. The highest BCUT2D eigenvalue weighted by molar-refractivity contribution is 6.10. The van der Waals surface area contributed by atoms with Crippen LogP contribution in [0.3, 0.4) is 0 Å². The van der Waals surface area contributed by atoms with Gasteiger partial charge in [-0.1, -0.05) is 36.9 Å². The summed E-state index contributed by atoms with van der Waals surface area (Å²) < 4.78 is 10.6. The van der Waals surface area contributed by atoms with Gasteiger partial charge in [-0.25, -0.2) is 4.79 Å². The summed E-state index contributed by atoms with van der Waals surface area (Å²) in [6, 6.07) is 13.4. The smallest absolute Gasteiger partial charge is 0.330 e. The summed E-state index contributed by atoms with van der Waals surface area (Å²) in [4.78, 5) is 23.5. The Hall–Kier alpha value is -3.08. The van der Waals surface area contributed by atoms with Crippen molar-refractivity contribution >= 4 is 11.8 Å². The third-order valence-corrected chi connectivity index (χ3v) is 3.76. The van der Waals surface area contributed by atoms with Crippen molar-refractivity contribution in [1.29, 1.82) is 0 Å². The molecular formula is C21H22O5. The Kier molecular flexibility index (Phi) is 6.97. The van der Waals surface area contributed by atoms with E-state index >= 15 is 0 Å². The zero-order valence-electron chi connectivity index (χ0n) is 14.7. The Labute approximate surface area is 152 Å². The van der Waals surface area contributed by atoms with Crippen LogP contribution in [-0.4, -0.2) is 29.6 Å². The van der Waals surface area contributed by atoms with Crippen LogP contribution in [0.15, 0.2) is 61.2 Å². The molecule has 2 aromatic rings. The average molecular weight is 354 g/mol. The van der Waals surface area contributed by atoms with Crippen LogP contribution in [0.4, 0.5) is 0 Å². The molecule has 0 bridgehead atoms. The number of benzene rings is 2. The number of carbonyl (C=O) groups excluding carboxylic acids is 2. The minimum absolute atomic E-state index is 0.121. The number of carbonyl (C=O) groups is 2. The molecule has 0 spiro atoms. The monoisotopic (exact) mass is 354 g/mol. The van der Waals surface area contributed by atoms with Gasteiger partial charge in [0.25, 0.3) is 0 Å². The van der Waals surface area contributed by atoms with Crippen molar-refractivity contribution in [2.75, 3.05) is 6.61 Å². The maximum Gasteiger partial charge on any atom is 0.330 e. The van der Waals surface area contributed by atoms with Crippen LogP contribution in [0.2, 0.25) is 0 Å². The molecule has 0 heterocycles. The van der Waals surface area contributed by atoms with Gasteiger partial charge in [-0.3, -0.25) is 4.79 Å². The third kappa shape index (κ3) is 5.48. The van der Waals surface area contributed by atoms with E-state index in [9.17, 15) is 14.7 Å². The topological polar surface area (TPSA) is 72.8 Å². The van der Waals surface area contributed by atoms with Crippen LogP contribution in [0.25, 0.3) is 0 Å². The second-order valence-corrected chi connectivity index (χ2v) is 5.82. The molecule has 1 unspecified atom stereocenters. The van der Waals surface area contributed by atoms with Gasteiger partial charge in [0.1, 0.15) is 11.5 Å². The minimum Gasteiger partial charge on any atom is -0.507 e. The molecule has 2 aromatic carbocycles. The molecule has 26 heavy (non-hydrogen) atoms. The number of phenols is 1. The van der Waals surface area contributed by atoms with Crippen LogP contribution < -0.4 is 4.74 Å². The first-order chi connectivity index (χ1) is 12.5. The summed E-state index contributed by atoms with van der Waals surface area (Å²) in [6.07, 6.45) is 2.24. The summed E-state index contributed by atoms with van der Waals surface area (Å²) in [7, 11) is 0. The fourth-order valence-corrected chi connectivity index (χ4v) is 2.40. The highest BCUT2D eigenvalue weighted by atomic mass is 16.5. The summed E-state index contributed by atoms with van der Waals surface area (Å²) in [5, 5.41) is 10.1. The Morgan fingerprint density at radius 3 is 2.58 bits per heavy atom. The Morgan fingerprint density at radius 2 is 1.92 bits per heavy atom. The van der Waals surface area contributed by atoms with Crippen LogP contribution in [0.1, 0.15) is 35.7 Å². The van der Waals surface area contributed by atoms with Crippen molar-refractivity contribution < 1.29 is 24.2 Å². The normalized spacial score (nSPS) is 11.4. The molecule has 0 aliphatic rings. The molecule has 0 saturated carbocycles. The number of hydrogen-bond donors (Lipinski definition) is 1. The summed E-state index contributed by atoms with van der Waals surface area (Å²) in [6.45, 7) is 5.56. The number of rotatable bonds is 9. The first kappa shape index (κ1) is 19.2. The molecule has 0 aromatic heterocycles. The molecule has 0 aliphatic heterocycles. The number of phenolic OH excluding ortho intramolecular Hbond substituents is 1. The van der Waals surface area contributed by atoms with Gasteiger partial charge in [0, 0.05) is 17.7 Å². The van der Waals surface area contributed by atoms with Gasteiger partial charge in [0.05, 0.1) is 18.3 Å². The van der Waals surface area contributed by atoms with E-state index in [-0.39, 0.29) is 23.2 Å². The molecule has 0 fully saturated rings. The second-order valence-electron chi connectivity index (χ2n) is 5.82. The molecule has 5 nitrogen and oxygen atoms in total. The third-order valence-electron chi connectivity index (χ3n) is 3.76. The van der Waals surface area contributed by atoms with E-state index in [0.717, 1.165) is 6.08 Å². The number of aromatic hydroxyl groups is 1. The van der Waals surface area contributed by atoms with E-state index in [0.29, 0.717) is 30.8 Å². The lowest BCUT2D eigenvalue weighted by atomic mass is 10.0.